The molecule has 0 saturated heterocycles. The van der Waals surface area contributed by atoms with Crippen LogP contribution in [0.15, 0.2) is 12.4 Å². The predicted molar refractivity (Wildman–Crippen MR) is 66.1 cm³/mol. The summed E-state index contributed by atoms with van der Waals surface area (Å²) >= 11 is 0. The maximum Gasteiger partial charge on any atom is 0.305 e. The molecule has 0 spiro atoms. The summed E-state index contributed by atoms with van der Waals surface area (Å²) in [6.45, 7) is 5.88. The van der Waals surface area contributed by atoms with Gasteiger partial charge in [0.25, 0.3) is 0 Å². The van der Waals surface area contributed by atoms with E-state index in [9.17, 15) is 4.79 Å². The first kappa shape index (κ1) is 13.2. The molecule has 0 aliphatic carbocycles. The second kappa shape index (κ2) is 4.79. The molecule has 0 aliphatic heterocycles. The van der Waals surface area contributed by atoms with Crippen LogP contribution in [0.3, 0.4) is 0 Å². The van der Waals surface area contributed by atoms with Gasteiger partial charge in [0, 0.05) is 6.20 Å². The Kier molecular flexibility index (Phi) is 3.32. The molecule has 0 radical (unpaired) electrons. The Balaban J connectivity index is 2.43. The van der Waals surface area contributed by atoms with Crippen LogP contribution in [-0.2, 0) is 4.79 Å². The molecule has 8 nitrogen and oxygen atoms in total. The summed E-state index contributed by atoms with van der Waals surface area (Å²) in [5, 5.41) is 27.1. The van der Waals surface area contributed by atoms with Crippen molar-refractivity contribution in [3.63, 3.8) is 0 Å². The smallest absolute Gasteiger partial charge is 0.305 e. The van der Waals surface area contributed by atoms with Crippen LogP contribution in [0.5, 0.6) is 0 Å². The second-order valence-corrected chi connectivity index (χ2v) is 5.41. The van der Waals surface area contributed by atoms with Crippen LogP contribution < -0.4 is 0 Å². The Morgan fingerprint density at radius 2 is 2.26 bits per heavy atom. The van der Waals surface area contributed by atoms with Gasteiger partial charge in [0.1, 0.15) is 0 Å². The molecule has 1 atom stereocenters. The molecule has 2 heterocycles. The lowest BCUT2D eigenvalue weighted by Crippen LogP contribution is -2.28. The molecule has 2 aromatic rings. The quantitative estimate of drug-likeness (QED) is 0.856. The summed E-state index contributed by atoms with van der Waals surface area (Å²) < 4.78 is 1.55. The van der Waals surface area contributed by atoms with Gasteiger partial charge in [-0.1, -0.05) is 20.8 Å². The second-order valence-electron chi connectivity index (χ2n) is 5.41. The third-order valence-electron chi connectivity index (χ3n) is 2.91. The van der Waals surface area contributed by atoms with Gasteiger partial charge in [0.15, 0.2) is 5.82 Å². The number of nitrogens with one attached hydrogen (secondary N) is 1. The topological polar surface area (TPSA) is 110 Å². The Labute approximate surface area is 109 Å². The largest absolute Gasteiger partial charge is 0.481 e. The number of nitrogens with zero attached hydrogens (tertiary/aromatic N) is 5. The first-order valence-corrected chi connectivity index (χ1v) is 5.88. The Morgan fingerprint density at radius 3 is 2.79 bits per heavy atom. The van der Waals surface area contributed by atoms with Crippen LogP contribution in [0.2, 0.25) is 0 Å². The SMILES string of the molecule is CC(C)(C)C(CC(=O)O)n1nnnc1-c1cn[nH]c1. The van der Waals surface area contributed by atoms with Crippen LogP contribution >= 0.6 is 0 Å². The number of aliphatic carboxylic acids is 1. The number of aromatic amines is 1. The summed E-state index contributed by atoms with van der Waals surface area (Å²) in [6.07, 6.45) is 3.23. The first-order valence-electron chi connectivity index (χ1n) is 5.88. The van der Waals surface area contributed by atoms with Gasteiger partial charge < -0.3 is 5.11 Å². The highest BCUT2D eigenvalue weighted by Gasteiger charge is 2.32. The number of carboxylic acids is 1. The average Bonchev–Trinajstić information content (AvgIpc) is 2.94. The lowest BCUT2D eigenvalue weighted by Gasteiger charge is -2.29. The van der Waals surface area contributed by atoms with Crippen LogP contribution in [0.1, 0.15) is 33.2 Å². The minimum Gasteiger partial charge on any atom is -0.481 e. The number of hydrogen-bond donors (Lipinski definition) is 2. The Hall–Kier alpha value is -2.25. The highest BCUT2D eigenvalue weighted by atomic mass is 16.4. The highest BCUT2D eigenvalue weighted by molar-refractivity contribution is 5.67. The van der Waals surface area contributed by atoms with E-state index in [0.717, 1.165) is 5.56 Å². The van der Waals surface area contributed by atoms with Crippen molar-refractivity contribution >= 4 is 5.97 Å². The van der Waals surface area contributed by atoms with Crippen LogP contribution in [-0.4, -0.2) is 41.5 Å². The van der Waals surface area contributed by atoms with Crippen molar-refractivity contribution < 1.29 is 9.90 Å². The van der Waals surface area contributed by atoms with Crippen LogP contribution in [0, 0.1) is 5.41 Å². The van der Waals surface area contributed by atoms with Gasteiger partial charge in [-0.3, -0.25) is 9.89 Å². The third-order valence-corrected chi connectivity index (χ3v) is 2.91. The number of H-pyrrole nitrogens is 1. The standard InChI is InChI=1S/C11H16N6O2/c1-11(2,3)8(4-9(18)19)17-10(14-15-16-17)7-5-12-13-6-7/h5-6,8H,4H2,1-3H3,(H,12,13)(H,18,19). The zero-order valence-corrected chi connectivity index (χ0v) is 11.0. The predicted octanol–water partition coefficient (Wildman–Crippen LogP) is 1.13. The molecule has 2 N–H and O–H groups in total. The van der Waals surface area contributed by atoms with Gasteiger partial charge in [-0.15, -0.1) is 5.10 Å². The average molecular weight is 264 g/mol. The minimum absolute atomic E-state index is 0.0423. The lowest BCUT2D eigenvalue weighted by atomic mass is 9.84. The first-order chi connectivity index (χ1) is 8.89. The van der Waals surface area contributed by atoms with E-state index in [2.05, 4.69) is 25.7 Å². The molecule has 0 saturated carbocycles. The van der Waals surface area contributed by atoms with E-state index in [1.165, 1.54) is 0 Å². The maximum atomic E-state index is 11.0. The fourth-order valence-electron chi connectivity index (χ4n) is 1.89. The number of hydrogen-bond acceptors (Lipinski definition) is 5. The van der Waals surface area contributed by atoms with Gasteiger partial charge >= 0.3 is 5.97 Å². The van der Waals surface area contributed by atoms with Gasteiger partial charge in [-0.25, -0.2) is 4.68 Å². The molecule has 1 unspecified atom stereocenters. The molecule has 0 bridgehead atoms. The van der Waals surface area contributed by atoms with E-state index in [-0.39, 0.29) is 17.9 Å². The molecular formula is C11H16N6O2. The third kappa shape index (κ3) is 2.78. The summed E-state index contributed by atoms with van der Waals surface area (Å²) in [5.41, 5.74) is 0.441. The van der Waals surface area contributed by atoms with Crippen molar-refractivity contribution in [3.8, 4) is 11.4 Å². The fraction of sp³-hybridized carbons (Fsp3) is 0.545. The van der Waals surface area contributed by atoms with E-state index < -0.39 is 5.97 Å². The maximum absolute atomic E-state index is 11.0. The zero-order valence-electron chi connectivity index (χ0n) is 11.0. The summed E-state index contributed by atoms with van der Waals surface area (Å²) in [5.74, 6) is -0.372. The molecule has 0 fully saturated rings. The highest BCUT2D eigenvalue weighted by Crippen LogP contribution is 2.34. The number of rotatable bonds is 4. The fourth-order valence-corrected chi connectivity index (χ4v) is 1.89. The molecule has 0 aromatic carbocycles. The monoisotopic (exact) mass is 264 g/mol. The lowest BCUT2D eigenvalue weighted by molar-refractivity contribution is -0.138. The van der Waals surface area contributed by atoms with Gasteiger partial charge in [0.2, 0.25) is 0 Å². The molecule has 102 valence electrons. The van der Waals surface area contributed by atoms with Crippen molar-refractivity contribution in [2.75, 3.05) is 0 Å². The van der Waals surface area contributed by atoms with Gasteiger partial charge in [0.05, 0.1) is 24.2 Å². The Bertz CT molecular complexity index is 554. The van der Waals surface area contributed by atoms with Crippen LogP contribution in [0.25, 0.3) is 11.4 Å². The van der Waals surface area contributed by atoms with E-state index in [0.29, 0.717) is 5.82 Å². The molecule has 0 aliphatic rings. The van der Waals surface area contributed by atoms with Gasteiger partial charge in [-0.2, -0.15) is 5.10 Å². The van der Waals surface area contributed by atoms with Crippen molar-refractivity contribution in [2.45, 2.75) is 33.2 Å². The minimum atomic E-state index is -0.881. The number of aromatic nitrogens is 6. The van der Waals surface area contributed by atoms with E-state index in [1.807, 2.05) is 20.8 Å². The summed E-state index contributed by atoms with van der Waals surface area (Å²) in [6, 6.07) is -0.343. The number of carbonyl (C=O) groups is 1. The van der Waals surface area contributed by atoms with Crippen molar-refractivity contribution in [1.82, 2.24) is 30.4 Å². The van der Waals surface area contributed by atoms with Crippen molar-refractivity contribution in [2.24, 2.45) is 5.41 Å². The molecule has 0 amide bonds. The summed E-state index contributed by atoms with van der Waals surface area (Å²) in [4.78, 5) is 11.0. The molecule has 19 heavy (non-hydrogen) atoms. The van der Waals surface area contributed by atoms with E-state index >= 15 is 0 Å². The number of tetrazole rings is 1. The Morgan fingerprint density at radius 1 is 1.53 bits per heavy atom. The molecule has 2 aromatic heterocycles. The van der Waals surface area contributed by atoms with Crippen molar-refractivity contribution in [1.29, 1.82) is 0 Å². The molecule has 8 heteroatoms. The van der Waals surface area contributed by atoms with Crippen molar-refractivity contribution in [3.05, 3.63) is 12.4 Å². The molecule has 2 rings (SSSR count). The summed E-state index contributed by atoms with van der Waals surface area (Å²) in [7, 11) is 0. The van der Waals surface area contributed by atoms with E-state index in [1.54, 1.807) is 17.1 Å². The normalized spacial score (nSPS) is 13.4. The zero-order chi connectivity index (χ0) is 14.0. The van der Waals surface area contributed by atoms with Crippen LogP contribution in [0.4, 0.5) is 0 Å². The van der Waals surface area contributed by atoms with Gasteiger partial charge in [-0.05, 0) is 15.8 Å². The molecular weight excluding hydrogens is 248 g/mol. The van der Waals surface area contributed by atoms with E-state index in [4.69, 9.17) is 5.11 Å². The number of carboxylic acid groups (broad SMARTS) is 1.